The zero-order valence-electron chi connectivity index (χ0n) is 11.5. The Kier molecular flexibility index (Phi) is 4.16. The zero-order chi connectivity index (χ0) is 13.8. The molecule has 19 heavy (non-hydrogen) atoms. The lowest BCUT2D eigenvalue weighted by molar-refractivity contribution is 0.241. The Bertz CT molecular complexity index is 549. The Morgan fingerprint density at radius 2 is 2.11 bits per heavy atom. The number of hydrogen-bond acceptors (Lipinski definition) is 5. The first-order valence-electron chi connectivity index (χ1n) is 6.40. The molecule has 5 nitrogen and oxygen atoms in total. The van der Waals surface area contributed by atoms with Gasteiger partial charge in [-0.2, -0.15) is 0 Å². The lowest BCUT2D eigenvalue weighted by atomic mass is 10.1. The van der Waals surface area contributed by atoms with Crippen LogP contribution >= 0.6 is 0 Å². The lowest BCUT2D eigenvalue weighted by Crippen LogP contribution is -2.06. The van der Waals surface area contributed by atoms with Crippen molar-refractivity contribution in [2.24, 2.45) is 5.73 Å². The summed E-state index contributed by atoms with van der Waals surface area (Å²) in [5.74, 6) is 1.96. The molecule has 0 bridgehead atoms. The molecule has 0 fully saturated rings. The highest BCUT2D eigenvalue weighted by Gasteiger charge is 2.10. The van der Waals surface area contributed by atoms with Gasteiger partial charge in [-0.25, -0.2) is 0 Å². The van der Waals surface area contributed by atoms with Crippen LogP contribution in [0.1, 0.15) is 25.3 Å². The van der Waals surface area contributed by atoms with Gasteiger partial charge in [0.1, 0.15) is 5.75 Å². The number of benzene rings is 1. The molecule has 1 aromatic carbocycles. The first-order valence-corrected chi connectivity index (χ1v) is 6.40. The minimum absolute atomic E-state index is 0.157. The lowest BCUT2D eigenvalue weighted by Gasteiger charge is -2.12. The maximum Gasteiger partial charge on any atom is 0.247 e. The molecule has 0 spiro atoms. The van der Waals surface area contributed by atoms with Gasteiger partial charge in [0.2, 0.25) is 11.8 Å². The molecule has 1 aromatic heterocycles. The first-order chi connectivity index (χ1) is 9.10. The third-order valence-electron chi connectivity index (χ3n) is 2.61. The fourth-order valence-electron chi connectivity index (χ4n) is 1.76. The van der Waals surface area contributed by atoms with E-state index in [-0.39, 0.29) is 6.10 Å². The fraction of sp³-hybridized carbons (Fsp3) is 0.429. The van der Waals surface area contributed by atoms with E-state index in [9.17, 15) is 0 Å². The highest BCUT2D eigenvalue weighted by atomic mass is 16.5. The SMILES string of the molecule is Cc1cc(-c2nnc(CCN)o2)ccc1OC(C)C. The molecule has 0 radical (unpaired) electrons. The minimum atomic E-state index is 0.157. The van der Waals surface area contributed by atoms with Gasteiger partial charge in [0.25, 0.3) is 0 Å². The topological polar surface area (TPSA) is 74.2 Å². The third-order valence-corrected chi connectivity index (χ3v) is 2.61. The van der Waals surface area contributed by atoms with Crippen LogP contribution in [0.25, 0.3) is 11.5 Å². The molecule has 0 unspecified atom stereocenters. The van der Waals surface area contributed by atoms with E-state index in [1.165, 1.54) is 0 Å². The highest BCUT2D eigenvalue weighted by Crippen LogP contribution is 2.26. The number of ether oxygens (including phenoxy) is 1. The van der Waals surface area contributed by atoms with Gasteiger partial charge >= 0.3 is 0 Å². The van der Waals surface area contributed by atoms with Crippen molar-refractivity contribution in [2.45, 2.75) is 33.3 Å². The van der Waals surface area contributed by atoms with E-state index in [1.807, 2.05) is 39.0 Å². The molecule has 2 rings (SSSR count). The fourth-order valence-corrected chi connectivity index (χ4v) is 1.76. The average molecular weight is 261 g/mol. The summed E-state index contributed by atoms with van der Waals surface area (Å²) in [5, 5.41) is 7.98. The van der Waals surface area contributed by atoms with E-state index in [1.54, 1.807) is 0 Å². The summed E-state index contributed by atoms with van der Waals surface area (Å²) < 4.78 is 11.2. The molecule has 0 aliphatic rings. The summed E-state index contributed by atoms with van der Waals surface area (Å²) in [4.78, 5) is 0. The summed E-state index contributed by atoms with van der Waals surface area (Å²) in [6.45, 7) is 6.51. The normalized spacial score (nSPS) is 11.0. The summed E-state index contributed by atoms with van der Waals surface area (Å²) in [7, 11) is 0. The summed E-state index contributed by atoms with van der Waals surface area (Å²) in [6, 6.07) is 5.83. The molecule has 2 aromatic rings. The van der Waals surface area contributed by atoms with Crippen LogP contribution in [0.4, 0.5) is 0 Å². The van der Waals surface area contributed by atoms with E-state index in [4.69, 9.17) is 14.9 Å². The van der Waals surface area contributed by atoms with Crippen molar-refractivity contribution >= 4 is 0 Å². The van der Waals surface area contributed by atoms with E-state index in [0.717, 1.165) is 16.9 Å². The highest BCUT2D eigenvalue weighted by molar-refractivity contribution is 5.56. The molecule has 2 N–H and O–H groups in total. The average Bonchev–Trinajstić information content (AvgIpc) is 2.80. The second kappa shape index (κ2) is 5.84. The van der Waals surface area contributed by atoms with Gasteiger partial charge in [0.05, 0.1) is 6.10 Å². The molecule has 102 valence electrons. The number of rotatable bonds is 5. The molecule has 1 heterocycles. The van der Waals surface area contributed by atoms with Gasteiger partial charge in [-0.1, -0.05) is 0 Å². The van der Waals surface area contributed by atoms with Crippen LogP contribution < -0.4 is 10.5 Å². The van der Waals surface area contributed by atoms with E-state index in [2.05, 4.69) is 10.2 Å². The Balaban J connectivity index is 2.22. The predicted octanol–water partition coefficient (Wildman–Crippen LogP) is 2.33. The van der Waals surface area contributed by atoms with Crippen LogP contribution in [0.2, 0.25) is 0 Å². The van der Waals surface area contributed by atoms with E-state index >= 15 is 0 Å². The van der Waals surface area contributed by atoms with E-state index < -0.39 is 0 Å². The molecular formula is C14H19N3O2. The van der Waals surface area contributed by atoms with Crippen molar-refractivity contribution in [1.82, 2.24) is 10.2 Å². The first kappa shape index (κ1) is 13.5. The molecule has 0 saturated carbocycles. The standard InChI is InChI=1S/C14H19N3O2/c1-9(2)18-12-5-4-11(8-10(12)3)14-17-16-13(19-14)6-7-15/h4-5,8-9H,6-7,15H2,1-3H3. The smallest absolute Gasteiger partial charge is 0.247 e. The molecule has 5 heteroatoms. The second-order valence-electron chi connectivity index (χ2n) is 4.69. The molecule has 0 amide bonds. The van der Waals surface area contributed by atoms with Crippen molar-refractivity contribution < 1.29 is 9.15 Å². The quantitative estimate of drug-likeness (QED) is 0.894. The third kappa shape index (κ3) is 3.32. The molecule has 0 aliphatic heterocycles. The van der Waals surface area contributed by atoms with Crippen LogP contribution in [0.3, 0.4) is 0 Å². The summed E-state index contributed by atoms with van der Waals surface area (Å²) >= 11 is 0. The Morgan fingerprint density at radius 3 is 2.74 bits per heavy atom. The predicted molar refractivity (Wildman–Crippen MR) is 73.0 cm³/mol. The van der Waals surface area contributed by atoms with Gasteiger partial charge in [0.15, 0.2) is 0 Å². The number of nitrogens with two attached hydrogens (primary N) is 1. The van der Waals surface area contributed by atoms with Gasteiger partial charge in [-0.15, -0.1) is 10.2 Å². The van der Waals surface area contributed by atoms with Crippen LogP contribution in [0.15, 0.2) is 22.6 Å². The Hall–Kier alpha value is -1.88. The Morgan fingerprint density at radius 1 is 1.32 bits per heavy atom. The number of aromatic nitrogens is 2. The summed E-state index contributed by atoms with van der Waals surface area (Å²) in [6.07, 6.45) is 0.754. The minimum Gasteiger partial charge on any atom is -0.491 e. The van der Waals surface area contributed by atoms with Gasteiger partial charge < -0.3 is 14.9 Å². The number of nitrogens with zero attached hydrogens (tertiary/aromatic N) is 2. The van der Waals surface area contributed by atoms with Gasteiger partial charge in [-0.3, -0.25) is 0 Å². The number of hydrogen-bond donors (Lipinski definition) is 1. The second-order valence-corrected chi connectivity index (χ2v) is 4.69. The van der Waals surface area contributed by atoms with Crippen LogP contribution in [0.5, 0.6) is 5.75 Å². The maximum absolute atomic E-state index is 5.70. The van der Waals surface area contributed by atoms with Gasteiger partial charge in [0, 0.05) is 18.5 Å². The van der Waals surface area contributed by atoms with Crippen molar-refractivity contribution in [3.05, 3.63) is 29.7 Å². The largest absolute Gasteiger partial charge is 0.491 e. The van der Waals surface area contributed by atoms with Gasteiger partial charge in [-0.05, 0) is 44.5 Å². The van der Waals surface area contributed by atoms with Crippen LogP contribution in [-0.4, -0.2) is 22.8 Å². The molecule has 0 atom stereocenters. The zero-order valence-corrected chi connectivity index (χ0v) is 11.5. The van der Waals surface area contributed by atoms with Crippen molar-refractivity contribution in [2.75, 3.05) is 6.54 Å². The molecular weight excluding hydrogens is 242 g/mol. The molecule has 0 saturated heterocycles. The van der Waals surface area contributed by atoms with Crippen LogP contribution in [0, 0.1) is 6.92 Å². The van der Waals surface area contributed by atoms with Crippen molar-refractivity contribution in [1.29, 1.82) is 0 Å². The Labute approximate surface area is 112 Å². The number of aryl methyl sites for hydroxylation is 1. The van der Waals surface area contributed by atoms with E-state index in [0.29, 0.717) is 24.7 Å². The molecule has 0 aliphatic carbocycles. The van der Waals surface area contributed by atoms with Crippen molar-refractivity contribution in [3.63, 3.8) is 0 Å². The maximum atomic E-state index is 5.70. The monoisotopic (exact) mass is 261 g/mol. The summed E-state index contributed by atoms with van der Waals surface area (Å²) in [5.41, 5.74) is 7.39. The van der Waals surface area contributed by atoms with Crippen LogP contribution in [-0.2, 0) is 6.42 Å². The van der Waals surface area contributed by atoms with Crippen molar-refractivity contribution in [3.8, 4) is 17.2 Å².